The van der Waals surface area contributed by atoms with E-state index < -0.39 is 6.09 Å². The van der Waals surface area contributed by atoms with Crippen molar-refractivity contribution in [2.75, 3.05) is 4.90 Å². The molecule has 1 atom stereocenters. The maximum absolute atomic E-state index is 12.1. The van der Waals surface area contributed by atoms with Crippen LogP contribution in [0.5, 0.6) is 5.75 Å². The lowest BCUT2D eigenvalue weighted by molar-refractivity contribution is 0.0563. The maximum atomic E-state index is 12.1. The zero-order chi connectivity index (χ0) is 28.4. The fourth-order valence-corrected chi connectivity index (χ4v) is 5.18. The van der Waals surface area contributed by atoms with Gasteiger partial charge in [0.25, 0.3) is 0 Å². The molecule has 39 heavy (non-hydrogen) atoms. The van der Waals surface area contributed by atoms with Crippen LogP contribution in [0.1, 0.15) is 96.3 Å². The summed E-state index contributed by atoms with van der Waals surface area (Å²) >= 11 is 0. The van der Waals surface area contributed by atoms with Crippen LogP contribution in [0, 0.1) is 6.92 Å². The van der Waals surface area contributed by atoms with Gasteiger partial charge in [-0.2, -0.15) is 0 Å². The van der Waals surface area contributed by atoms with Crippen molar-refractivity contribution in [2.45, 2.75) is 105 Å². The third-order valence-corrected chi connectivity index (χ3v) is 7.62. The lowest BCUT2D eigenvalue weighted by Crippen LogP contribution is -2.37. The van der Waals surface area contributed by atoms with Gasteiger partial charge in [-0.05, 0) is 122 Å². The Kier molecular flexibility index (Phi) is 11.0. The molecule has 210 valence electrons. The first-order chi connectivity index (χ1) is 18.6. The fraction of sp³-hybridized carbons (Fsp3) is 0.457. The van der Waals surface area contributed by atoms with Gasteiger partial charge in [-0.25, -0.2) is 4.79 Å². The minimum atomic E-state index is -0.948. The molecule has 0 saturated carbocycles. The van der Waals surface area contributed by atoms with Crippen LogP contribution in [-0.2, 0) is 13.0 Å². The topological polar surface area (TPSA) is 49.8 Å². The van der Waals surface area contributed by atoms with E-state index in [9.17, 15) is 9.90 Å². The molecule has 0 fully saturated rings. The van der Waals surface area contributed by atoms with Crippen LogP contribution in [0.4, 0.5) is 10.5 Å². The standard InChI is InChI=1S/C35H47NO3/c1-26(2)13-10-14-27(3)15-11-16-28(4)17-12-21-35(6)22-20-31-24-32(23-29(5)33(31)39-35)36(34(37)38)25-30-18-8-7-9-19-30/h7-9,13,15,17-19,23-24H,10-12,14,16,20-22,25H2,1-6H3,(H,37,38)/t35-/m1/s1. The van der Waals surface area contributed by atoms with Crippen LogP contribution >= 0.6 is 0 Å². The zero-order valence-corrected chi connectivity index (χ0v) is 24.8. The van der Waals surface area contributed by atoms with Crippen LogP contribution in [0.15, 0.2) is 77.4 Å². The molecule has 0 radical (unpaired) electrons. The second kappa shape index (κ2) is 14.2. The molecular weight excluding hydrogens is 482 g/mol. The molecular formula is C35H47NO3. The van der Waals surface area contributed by atoms with E-state index in [0.29, 0.717) is 12.2 Å². The summed E-state index contributed by atoms with van der Waals surface area (Å²) in [6, 6.07) is 13.7. The molecule has 0 bridgehead atoms. The molecule has 0 spiro atoms. The lowest BCUT2D eigenvalue weighted by atomic mass is 9.87. The van der Waals surface area contributed by atoms with Crippen molar-refractivity contribution in [1.82, 2.24) is 0 Å². The number of allylic oxidation sites excluding steroid dienone is 6. The highest BCUT2D eigenvalue weighted by atomic mass is 16.5. The quantitative estimate of drug-likeness (QED) is 0.278. The van der Waals surface area contributed by atoms with Gasteiger partial charge in [-0.1, -0.05) is 65.3 Å². The van der Waals surface area contributed by atoms with Crippen LogP contribution in [0.2, 0.25) is 0 Å². The van der Waals surface area contributed by atoms with E-state index >= 15 is 0 Å². The van der Waals surface area contributed by atoms with Gasteiger partial charge in [-0.15, -0.1) is 0 Å². The van der Waals surface area contributed by atoms with E-state index in [4.69, 9.17) is 4.74 Å². The molecule has 1 aliphatic rings. The largest absolute Gasteiger partial charge is 0.487 e. The molecule has 1 aliphatic heterocycles. The number of anilines is 1. The Morgan fingerprint density at radius 2 is 1.62 bits per heavy atom. The van der Waals surface area contributed by atoms with Gasteiger partial charge in [0, 0.05) is 5.69 Å². The van der Waals surface area contributed by atoms with Crippen LogP contribution in [0.3, 0.4) is 0 Å². The van der Waals surface area contributed by atoms with Crippen molar-refractivity contribution in [1.29, 1.82) is 0 Å². The van der Waals surface area contributed by atoms with E-state index in [1.807, 2.05) is 49.4 Å². The number of ether oxygens (including phenoxy) is 1. The second-order valence-corrected chi connectivity index (χ2v) is 11.7. The normalized spacial score (nSPS) is 17.3. The summed E-state index contributed by atoms with van der Waals surface area (Å²) in [5.74, 6) is 0.923. The van der Waals surface area contributed by atoms with Crippen molar-refractivity contribution >= 4 is 11.8 Å². The highest BCUT2D eigenvalue weighted by Gasteiger charge is 2.32. The molecule has 4 nitrogen and oxygen atoms in total. The van der Waals surface area contributed by atoms with E-state index in [1.54, 1.807) is 0 Å². The molecule has 1 N–H and O–H groups in total. The highest BCUT2D eigenvalue weighted by Crippen LogP contribution is 2.40. The summed E-state index contributed by atoms with van der Waals surface area (Å²) < 4.78 is 6.60. The van der Waals surface area contributed by atoms with Crippen LogP contribution < -0.4 is 9.64 Å². The van der Waals surface area contributed by atoms with Gasteiger partial charge in [0.1, 0.15) is 11.4 Å². The minimum Gasteiger partial charge on any atom is -0.487 e. The van der Waals surface area contributed by atoms with Gasteiger partial charge in [-0.3, -0.25) is 4.90 Å². The number of carboxylic acid groups (broad SMARTS) is 1. The Balaban J connectivity index is 1.57. The Morgan fingerprint density at radius 3 is 2.26 bits per heavy atom. The minimum absolute atomic E-state index is 0.214. The van der Waals surface area contributed by atoms with Gasteiger partial charge < -0.3 is 9.84 Å². The first-order valence-corrected chi connectivity index (χ1v) is 14.4. The smallest absolute Gasteiger partial charge is 0.412 e. The Morgan fingerprint density at radius 1 is 0.974 bits per heavy atom. The Labute approximate surface area is 236 Å². The third kappa shape index (κ3) is 9.45. The van der Waals surface area contributed by atoms with Crippen molar-refractivity contribution < 1.29 is 14.6 Å². The molecule has 0 aromatic heterocycles. The fourth-order valence-electron chi connectivity index (χ4n) is 5.18. The third-order valence-electron chi connectivity index (χ3n) is 7.62. The maximum Gasteiger partial charge on any atom is 0.412 e. The summed E-state index contributed by atoms with van der Waals surface area (Å²) in [5.41, 5.74) is 7.86. The van der Waals surface area contributed by atoms with Gasteiger partial charge in [0.2, 0.25) is 0 Å². The van der Waals surface area contributed by atoms with E-state index in [1.165, 1.54) is 21.6 Å². The summed E-state index contributed by atoms with van der Waals surface area (Å²) in [5, 5.41) is 9.93. The second-order valence-electron chi connectivity index (χ2n) is 11.7. The summed E-state index contributed by atoms with van der Waals surface area (Å²) in [7, 11) is 0. The first-order valence-electron chi connectivity index (χ1n) is 14.4. The molecule has 4 heteroatoms. The molecule has 0 aliphatic carbocycles. The molecule has 0 unspecified atom stereocenters. The molecule has 0 saturated heterocycles. The zero-order valence-electron chi connectivity index (χ0n) is 24.8. The number of hydrogen-bond donors (Lipinski definition) is 1. The number of benzene rings is 2. The number of aryl methyl sites for hydroxylation is 2. The number of hydrogen-bond acceptors (Lipinski definition) is 2. The van der Waals surface area contributed by atoms with E-state index in [2.05, 4.69) is 52.8 Å². The Bertz CT molecular complexity index is 1200. The molecule has 2 aromatic rings. The number of rotatable bonds is 12. The SMILES string of the molecule is CC(C)=CCCC(C)=CCCC(C)=CCC[C@]1(C)CCc2cc(N(Cc3ccccc3)C(=O)O)cc(C)c2O1. The monoisotopic (exact) mass is 529 g/mol. The summed E-state index contributed by atoms with van der Waals surface area (Å²) in [6.07, 6.45) is 14.4. The van der Waals surface area contributed by atoms with Crippen molar-refractivity contribution in [3.05, 3.63) is 94.1 Å². The van der Waals surface area contributed by atoms with Crippen molar-refractivity contribution in [3.8, 4) is 5.75 Å². The summed E-state index contributed by atoms with van der Waals surface area (Å²) in [6.45, 7) is 13.4. The molecule has 2 aromatic carbocycles. The van der Waals surface area contributed by atoms with Gasteiger partial charge >= 0.3 is 6.09 Å². The molecule has 1 amide bonds. The first kappa shape index (κ1) is 30.3. The average Bonchev–Trinajstić information content (AvgIpc) is 2.88. The number of nitrogens with zero attached hydrogens (tertiary/aromatic N) is 1. The van der Waals surface area contributed by atoms with E-state index in [-0.39, 0.29) is 5.60 Å². The lowest BCUT2D eigenvalue weighted by Gasteiger charge is -2.37. The summed E-state index contributed by atoms with van der Waals surface area (Å²) in [4.78, 5) is 13.5. The van der Waals surface area contributed by atoms with Gasteiger partial charge in [0.05, 0.1) is 6.54 Å². The van der Waals surface area contributed by atoms with E-state index in [0.717, 1.165) is 73.8 Å². The van der Waals surface area contributed by atoms with Crippen LogP contribution in [0.25, 0.3) is 0 Å². The van der Waals surface area contributed by atoms with Crippen molar-refractivity contribution in [2.24, 2.45) is 0 Å². The van der Waals surface area contributed by atoms with Gasteiger partial charge in [0.15, 0.2) is 0 Å². The Hall–Kier alpha value is -3.27. The van der Waals surface area contributed by atoms with Crippen LogP contribution in [-0.4, -0.2) is 16.8 Å². The molecule has 3 rings (SSSR count). The number of fused-ring (bicyclic) bond motifs is 1. The van der Waals surface area contributed by atoms with Crippen molar-refractivity contribution in [3.63, 3.8) is 0 Å². The predicted octanol–water partition coefficient (Wildman–Crippen LogP) is 9.96. The highest BCUT2D eigenvalue weighted by molar-refractivity contribution is 5.86. The molecule has 1 heterocycles. The predicted molar refractivity (Wildman–Crippen MR) is 164 cm³/mol. The number of amides is 1. The number of carbonyl (C=O) groups is 1. The average molecular weight is 530 g/mol.